The number of hydrogen-bond acceptors (Lipinski definition) is 5. The molecule has 0 atom stereocenters. The Bertz CT molecular complexity index is 692. The fourth-order valence-corrected chi connectivity index (χ4v) is 1.76. The number of rotatable bonds is 5. The predicted octanol–water partition coefficient (Wildman–Crippen LogP) is -1.11. The van der Waals surface area contributed by atoms with Crippen molar-refractivity contribution in [3.8, 4) is 0 Å². The van der Waals surface area contributed by atoms with Gasteiger partial charge in [0.1, 0.15) is 0 Å². The van der Waals surface area contributed by atoms with Gasteiger partial charge < -0.3 is 10.6 Å². The number of halogens is 2. The van der Waals surface area contributed by atoms with E-state index in [1.54, 1.807) is 6.92 Å². The molecule has 0 aliphatic rings. The zero-order valence-corrected chi connectivity index (χ0v) is 12.5. The molecule has 0 radical (unpaired) electrons. The van der Waals surface area contributed by atoms with Crippen LogP contribution in [-0.2, 0) is 11.3 Å². The van der Waals surface area contributed by atoms with Gasteiger partial charge in [0.15, 0.2) is 5.82 Å². The quantitative estimate of drug-likeness (QED) is 0.553. The number of carbonyl (C=O) groups is 1. The summed E-state index contributed by atoms with van der Waals surface area (Å²) in [5, 5.41) is 20.1. The number of aliphatic carboxylic acids is 1. The van der Waals surface area contributed by atoms with Gasteiger partial charge in [0, 0.05) is 11.6 Å². The molecule has 7 nitrogen and oxygen atoms in total. The van der Waals surface area contributed by atoms with Gasteiger partial charge in [0.2, 0.25) is 0 Å². The van der Waals surface area contributed by atoms with Crippen molar-refractivity contribution in [3.05, 3.63) is 46.8 Å². The molecule has 118 valence electrons. The molecule has 1 aromatic carbocycles. The van der Waals surface area contributed by atoms with Crippen molar-refractivity contribution < 1.29 is 43.0 Å². The molecule has 2 rings (SSSR count). The van der Waals surface area contributed by atoms with Gasteiger partial charge in [-0.15, -0.1) is 10.2 Å². The Labute approximate surface area is 142 Å². The SMILES string of the molecule is Cc1nnn(Cc2cc(C(F)F)ccc2/C=C/C(=O)O)n1.[Li+].[OH-]. The van der Waals surface area contributed by atoms with Crippen LogP contribution in [0.1, 0.15) is 28.9 Å². The van der Waals surface area contributed by atoms with E-state index in [4.69, 9.17) is 5.11 Å². The first-order valence-corrected chi connectivity index (χ1v) is 6.02. The van der Waals surface area contributed by atoms with E-state index in [2.05, 4.69) is 15.4 Å². The van der Waals surface area contributed by atoms with E-state index in [1.165, 1.54) is 29.1 Å². The molecule has 0 fully saturated rings. The zero-order valence-electron chi connectivity index (χ0n) is 12.5. The second-order valence-electron chi connectivity index (χ2n) is 4.30. The van der Waals surface area contributed by atoms with Gasteiger partial charge >= 0.3 is 24.8 Å². The number of hydrogen-bond donors (Lipinski definition) is 1. The molecule has 0 spiro atoms. The van der Waals surface area contributed by atoms with Crippen LogP contribution in [0.15, 0.2) is 24.3 Å². The minimum absolute atomic E-state index is 0. The summed E-state index contributed by atoms with van der Waals surface area (Å²) >= 11 is 0. The average Bonchev–Trinajstić information content (AvgIpc) is 2.82. The molecule has 0 saturated heterocycles. The largest absolute Gasteiger partial charge is 1.00 e. The van der Waals surface area contributed by atoms with Crippen LogP contribution in [0.3, 0.4) is 0 Å². The minimum Gasteiger partial charge on any atom is -0.870 e. The molecule has 2 N–H and O–H groups in total. The maximum atomic E-state index is 12.8. The van der Waals surface area contributed by atoms with E-state index in [1.807, 2.05) is 0 Å². The second kappa shape index (κ2) is 9.15. The topological polar surface area (TPSA) is 111 Å². The first-order valence-electron chi connectivity index (χ1n) is 6.02. The van der Waals surface area contributed by atoms with Gasteiger partial charge in [-0.05, 0) is 35.4 Å². The van der Waals surface area contributed by atoms with E-state index < -0.39 is 12.4 Å². The Morgan fingerprint density at radius 2 is 2.13 bits per heavy atom. The van der Waals surface area contributed by atoms with Crippen molar-refractivity contribution in [1.29, 1.82) is 0 Å². The number of tetrazole rings is 1. The summed E-state index contributed by atoms with van der Waals surface area (Å²) in [6.07, 6.45) is -0.316. The van der Waals surface area contributed by atoms with Crippen LogP contribution in [0.25, 0.3) is 6.08 Å². The van der Waals surface area contributed by atoms with E-state index in [0.717, 1.165) is 6.08 Å². The number of nitrogens with zero attached hydrogens (tertiary/aromatic N) is 4. The number of carboxylic acids is 1. The third-order valence-corrected chi connectivity index (χ3v) is 2.69. The summed E-state index contributed by atoms with van der Waals surface area (Å²) in [6.45, 7) is 1.78. The summed E-state index contributed by atoms with van der Waals surface area (Å²) < 4.78 is 25.5. The van der Waals surface area contributed by atoms with Crippen molar-refractivity contribution in [3.63, 3.8) is 0 Å². The van der Waals surface area contributed by atoms with Gasteiger partial charge in [-0.3, -0.25) is 0 Å². The van der Waals surface area contributed by atoms with Crippen molar-refractivity contribution in [2.45, 2.75) is 19.9 Å². The Morgan fingerprint density at radius 3 is 2.65 bits per heavy atom. The van der Waals surface area contributed by atoms with Gasteiger partial charge in [-0.1, -0.05) is 12.1 Å². The molecule has 0 aliphatic heterocycles. The van der Waals surface area contributed by atoms with Crippen molar-refractivity contribution in [2.75, 3.05) is 0 Å². The normalized spacial score (nSPS) is 10.4. The summed E-state index contributed by atoms with van der Waals surface area (Å²) in [7, 11) is 0. The maximum Gasteiger partial charge on any atom is 1.00 e. The maximum absolute atomic E-state index is 12.8. The Morgan fingerprint density at radius 1 is 1.43 bits per heavy atom. The smallest absolute Gasteiger partial charge is 0.870 e. The Hall–Kier alpha value is -2.08. The fourth-order valence-electron chi connectivity index (χ4n) is 1.76. The molecule has 0 aliphatic carbocycles. The van der Waals surface area contributed by atoms with Crippen molar-refractivity contribution >= 4 is 12.0 Å². The summed E-state index contributed by atoms with van der Waals surface area (Å²) in [5.41, 5.74) is 0.855. The number of alkyl halides is 2. The summed E-state index contributed by atoms with van der Waals surface area (Å²) in [6, 6.07) is 4.01. The third-order valence-electron chi connectivity index (χ3n) is 2.69. The molecule has 0 amide bonds. The summed E-state index contributed by atoms with van der Waals surface area (Å²) in [4.78, 5) is 11.8. The van der Waals surface area contributed by atoms with Crippen LogP contribution in [0.5, 0.6) is 0 Å². The van der Waals surface area contributed by atoms with Crippen molar-refractivity contribution in [1.82, 2.24) is 20.2 Å². The number of carboxylic acid groups (broad SMARTS) is 1. The monoisotopic (exact) mass is 318 g/mol. The van der Waals surface area contributed by atoms with Gasteiger partial charge in [0.05, 0.1) is 6.54 Å². The van der Waals surface area contributed by atoms with Crippen LogP contribution in [0, 0.1) is 6.92 Å². The van der Waals surface area contributed by atoms with E-state index in [0.29, 0.717) is 17.0 Å². The van der Waals surface area contributed by atoms with Crippen molar-refractivity contribution in [2.24, 2.45) is 0 Å². The standard InChI is InChI=1S/C13H12F2N4O2.Li.H2O/c1-8-16-18-19(17-8)7-11-6-10(13(14)15)3-2-9(11)4-5-12(20)21;;/h2-6,13H,7H2,1H3,(H,20,21);;1H2/q;+1;/p-1/b5-4+;;. The first kappa shape index (κ1) is 20.9. The Kier molecular flexibility index (Phi) is 8.32. The van der Waals surface area contributed by atoms with Gasteiger partial charge in [0.25, 0.3) is 6.43 Å². The van der Waals surface area contributed by atoms with Crippen LogP contribution < -0.4 is 18.9 Å². The average molecular weight is 318 g/mol. The van der Waals surface area contributed by atoms with Gasteiger partial charge in [-0.25, -0.2) is 13.6 Å². The van der Waals surface area contributed by atoms with E-state index in [-0.39, 0.29) is 36.4 Å². The molecule has 10 heteroatoms. The zero-order chi connectivity index (χ0) is 15.4. The number of aryl methyl sites for hydroxylation is 1. The van der Waals surface area contributed by atoms with Gasteiger partial charge in [-0.2, -0.15) is 4.80 Å². The fraction of sp³-hybridized carbons (Fsp3) is 0.231. The third kappa shape index (κ3) is 5.90. The molecule has 1 heterocycles. The number of benzene rings is 1. The van der Waals surface area contributed by atoms with Crippen LogP contribution in [-0.4, -0.2) is 36.8 Å². The Balaban J connectivity index is 0.00000242. The molecule has 23 heavy (non-hydrogen) atoms. The molecular formula is C13H13F2LiN4O3. The molecule has 0 saturated carbocycles. The molecule has 1 aromatic heterocycles. The van der Waals surface area contributed by atoms with Crippen LogP contribution in [0.4, 0.5) is 8.78 Å². The second-order valence-corrected chi connectivity index (χ2v) is 4.30. The number of aromatic nitrogens is 4. The minimum atomic E-state index is -2.60. The molecular weight excluding hydrogens is 305 g/mol. The van der Waals surface area contributed by atoms with E-state index >= 15 is 0 Å². The van der Waals surface area contributed by atoms with Crippen LogP contribution >= 0.6 is 0 Å². The molecule has 2 aromatic rings. The van der Waals surface area contributed by atoms with E-state index in [9.17, 15) is 13.6 Å². The van der Waals surface area contributed by atoms with Crippen LogP contribution in [0.2, 0.25) is 0 Å². The first-order chi connectivity index (χ1) is 9.95. The molecule has 0 unspecified atom stereocenters. The molecule has 0 bridgehead atoms. The summed E-state index contributed by atoms with van der Waals surface area (Å²) in [5.74, 6) is -0.656. The predicted molar refractivity (Wildman–Crippen MR) is 71.7 cm³/mol.